The summed E-state index contributed by atoms with van der Waals surface area (Å²) in [6.07, 6.45) is 0. The highest BCUT2D eigenvalue weighted by Crippen LogP contribution is 2.19. The van der Waals surface area contributed by atoms with Crippen LogP contribution in [0.15, 0.2) is 18.2 Å². The summed E-state index contributed by atoms with van der Waals surface area (Å²) in [5.74, 6) is -0.947. The predicted molar refractivity (Wildman–Crippen MR) is 86.7 cm³/mol. The Kier molecular flexibility index (Phi) is 5.05. The number of nitrogens with one attached hydrogen (secondary N) is 1. The number of carbonyl (C=O) groups excluding carboxylic acids is 2. The quantitative estimate of drug-likeness (QED) is 0.872. The van der Waals surface area contributed by atoms with Crippen LogP contribution >= 0.6 is 11.6 Å². The highest BCUT2D eigenvalue weighted by Gasteiger charge is 2.26. The number of aromatic amines is 1. The Morgan fingerprint density at radius 3 is 2.65 bits per heavy atom. The third-order valence-corrected chi connectivity index (χ3v) is 3.95. The van der Waals surface area contributed by atoms with Crippen LogP contribution in [0.3, 0.4) is 0 Å². The number of aromatic nitrogens is 2. The molecule has 1 heterocycles. The van der Waals surface area contributed by atoms with E-state index in [1.165, 1.54) is 12.0 Å². The molecule has 1 N–H and O–H groups in total. The van der Waals surface area contributed by atoms with Crippen LogP contribution in [0.2, 0.25) is 5.02 Å². The van der Waals surface area contributed by atoms with Crippen molar-refractivity contribution in [1.29, 1.82) is 0 Å². The van der Waals surface area contributed by atoms with Crippen LogP contribution in [0.25, 0.3) is 0 Å². The average molecular weight is 336 g/mol. The summed E-state index contributed by atoms with van der Waals surface area (Å²) >= 11 is 6.00. The first-order valence-corrected chi connectivity index (χ1v) is 7.36. The fourth-order valence-electron chi connectivity index (χ4n) is 2.27. The fraction of sp³-hybridized carbons (Fsp3) is 0.312. The monoisotopic (exact) mass is 335 g/mol. The van der Waals surface area contributed by atoms with Crippen LogP contribution in [0.5, 0.6) is 0 Å². The molecule has 2 rings (SSSR count). The minimum absolute atomic E-state index is 0.0579. The van der Waals surface area contributed by atoms with Crippen LogP contribution < -0.4 is 0 Å². The Bertz CT molecular complexity index is 755. The van der Waals surface area contributed by atoms with Crippen LogP contribution in [0.1, 0.15) is 37.7 Å². The molecular weight excluding hydrogens is 318 g/mol. The number of nitrogens with zero attached hydrogens (tertiary/aromatic N) is 2. The number of benzene rings is 1. The van der Waals surface area contributed by atoms with Gasteiger partial charge < -0.3 is 9.64 Å². The van der Waals surface area contributed by atoms with Crippen LogP contribution in [-0.4, -0.2) is 41.1 Å². The molecule has 122 valence electrons. The number of methoxy groups -OCH3 is 1. The van der Waals surface area contributed by atoms with Gasteiger partial charge in [0, 0.05) is 24.3 Å². The fourth-order valence-corrected chi connectivity index (χ4v) is 2.38. The molecule has 0 spiro atoms. The highest BCUT2D eigenvalue weighted by molar-refractivity contribution is 6.31. The minimum atomic E-state index is -0.588. The van der Waals surface area contributed by atoms with Crippen LogP contribution in [-0.2, 0) is 11.3 Å². The summed E-state index contributed by atoms with van der Waals surface area (Å²) < 4.78 is 4.71. The first-order valence-electron chi connectivity index (χ1n) is 6.99. The molecule has 23 heavy (non-hydrogen) atoms. The molecule has 7 heteroatoms. The Morgan fingerprint density at radius 1 is 1.35 bits per heavy atom. The van der Waals surface area contributed by atoms with Gasteiger partial charge in [0.2, 0.25) is 0 Å². The third-order valence-electron chi connectivity index (χ3n) is 3.53. The smallest absolute Gasteiger partial charge is 0.342 e. The lowest BCUT2D eigenvalue weighted by Gasteiger charge is -2.17. The van der Waals surface area contributed by atoms with E-state index in [1.54, 1.807) is 20.0 Å². The highest BCUT2D eigenvalue weighted by atomic mass is 35.5. The molecule has 1 aromatic carbocycles. The topological polar surface area (TPSA) is 75.3 Å². The van der Waals surface area contributed by atoms with Gasteiger partial charge >= 0.3 is 5.97 Å². The van der Waals surface area contributed by atoms with Gasteiger partial charge in [-0.1, -0.05) is 23.7 Å². The van der Waals surface area contributed by atoms with Crippen molar-refractivity contribution in [2.24, 2.45) is 0 Å². The lowest BCUT2D eigenvalue weighted by molar-refractivity contribution is 0.0591. The van der Waals surface area contributed by atoms with E-state index < -0.39 is 5.97 Å². The van der Waals surface area contributed by atoms with Gasteiger partial charge in [-0.25, -0.2) is 4.79 Å². The van der Waals surface area contributed by atoms with Crippen molar-refractivity contribution in [3.63, 3.8) is 0 Å². The van der Waals surface area contributed by atoms with Gasteiger partial charge in [-0.05, 0) is 31.0 Å². The Balaban J connectivity index is 2.23. The van der Waals surface area contributed by atoms with E-state index in [0.717, 1.165) is 11.1 Å². The molecule has 0 saturated carbocycles. The van der Waals surface area contributed by atoms with E-state index in [1.807, 2.05) is 19.1 Å². The summed E-state index contributed by atoms with van der Waals surface area (Å²) in [6, 6.07) is 5.57. The van der Waals surface area contributed by atoms with Crippen molar-refractivity contribution >= 4 is 23.5 Å². The summed E-state index contributed by atoms with van der Waals surface area (Å²) in [6.45, 7) is 3.95. The Labute approximate surface area is 139 Å². The molecule has 6 nitrogen and oxygen atoms in total. The molecule has 1 amide bonds. The van der Waals surface area contributed by atoms with Crippen molar-refractivity contribution < 1.29 is 14.3 Å². The van der Waals surface area contributed by atoms with Crippen molar-refractivity contribution in [3.8, 4) is 0 Å². The lowest BCUT2D eigenvalue weighted by atomic mass is 10.1. The summed E-state index contributed by atoms with van der Waals surface area (Å²) in [7, 11) is 2.92. The molecule has 0 aliphatic carbocycles. The molecule has 0 atom stereocenters. The minimum Gasteiger partial charge on any atom is -0.465 e. The number of carbonyl (C=O) groups is 2. The first kappa shape index (κ1) is 17.0. The number of hydrogen-bond donors (Lipinski definition) is 1. The standard InChI is InChI=1S/C16H18ClN3O3/c1-9-7-11(5-6-12(9)17)8-20(3)15(21)14-13(16(22)23-4)10(2)18-19-14/h5-7H,8H2,1-4H3,(H,18,19). The van der Waals surface area contributed by atoms with Gasteiger partial charge in [0.15, 0.2) is 5.69 Å². The van der Waals surface area contributed by atoms with E-state index in [-0.39, 0.29) is 17.2 Å². The van der Waals surface area contributed by atoms with Gasteiger partial charge in [0.05, 0.1) is 7.11 Å². The SMILES string of the molecule is COC(=O)c1c(C(=O)N(C)Cc2ccc(Cl)c(C)c2)n[nH]c1C. The van der Waals surface area contributed by atoms with Crippen molar-refractivity contribution in [3.05, 3.63) is 51.3 Å². The number of halogens is 1. The number of esters is 1. The predicted octanol–water partition coefficient (Wildman–Crippen LogP) is 2.74. The molecule has 0 aliphatic heterocycles. The third kappa shape index (κ3) is 3.53. The average Bonchev–Trinajstić information content (AvgIpc) is 2.91. The lowest BCUT2D eigenvalue weighted by Crippen LogP contribution is -2.28. The van der Waals surface area contributed by atoms with Crippen molar-refractivity contribution in [1.82, 2.24) is 15.1 Å². The second-order valence-corrected chi connectivity index (χ2v) is 5.72. The van der Waals surface area contributed by atoms with E-state index in [0.29, 0.717) is 17.3 Å². The summed E-state index contributed by atoms with van der Waals surface area (Å²) in [5, 5.41) is 7.27. The number of aryl methyl sites for hydroxylation is 2. The molecule has 0 bridgehead atoms. The second-order valence-electron chi connectivity index (χ2n) is 5.31. The Morgan fingerprint density at radius 2 is 2.04 bits per heavy atom. The number of H-pyrrole nitrogens is 1. The molecule has 0 saturated heterocycles. The molecule has 0 aliphatic rings. The number of rotatable bonds is 4. The zero-order chi connectivity index (χ0) is 17.1. The van der Waals surface area contributed by atoms with Gasteiger partial charge in [0.25, 0.3) is 5.91 Å². The molecule has 2 aromatic rings. The number of hydrogen-bond acceptors (Lipinski definition) is 4. The van der Waals surface area contributed by atoms with E-state index in [9.17, 15) is 9.59 Å². The molecule has 0 unspecified atom stereocenters. The van der Waals surface area contributed by atoms with Gasteiger partial charge in [-0.15, -0.1) is 0 Å². The van der Waals surface area contributed by atoms with E-state index in [2.05, 4.69) is 10.2 Å². The second kappa shape index (κ2) is 6.83. The number of amides is 1. The molecule has 1 aromatic heterocycles. The van der Waals surface area contributed by atoms with Gasteiger partial charge in [-0.2, -0.15) is 5.10 Å². The maximum atomic E-state index is 12.6. The zero-order valence-electron chi connectivity index (χ0n) is 13.4. The zero-order valence-corrected chi connectivity index (χ0v) is 14.2. The normalized spacial score (nSPS) is 10.5. The largest absolute Gasteiger partial charge is 0.465 e. The van der Waals surface area contributed by atoms with Crippen molar-refractivity contribution in [2.75, 3.05) is 14.2 Å². The number of ether oxygens (including phenoxy) is 1. The van der Waals surface area contributed by atoms with Crippen LogP contribution in [0, 0.1) is 13.8 Å². The summed E-state index contributed by atoms with van der Waals surface area (Å²) in [4.78, 5) is 25.9. The maximum absolute atomic E-state index is 12.6. The summed E-state index contributed by atoms with van der Waals surface area (Å²) in [5.41, 5.74) is 2.60. The molecule has 0 fully saturated rings. The van der Waals surface area contributed by atoms with Crippen LogP contribution in [0.4, 0.5) is 0 Å². The van der Waals surface area contributed by atoms with E-state index >= 15 is 0 Å². The molecule has 0 radical (unpaired) electrons. The Hall–Kier alpha value is -2.34. The van der Waals surface area contributed by atoms with E-state index in [4.69, 9.17) is 16.3 Å². The maximum Gasteiger partial charge on any atom is 0.342 e. The first-order chi connectivity index (χ1) is 10.8. The molecular formula is C16H18ClN3O3. The van der Waals surface area contributed by atoms with Gasteiger partial charge in [-0.3, -0.25) is 9.89 Å². The van der Waals surface area contributed by atoms with Gasteiger partial charge in [0.1, 0.15) is 5.56 Å². The van der Waals surface area contributed by atoms with Crippen molar-refractivity contribution in [2.45, 2.75) is 20.4 Å².